The summed E-state index contributed by atoms with van der Waals surface area (Å²) in [6, 6.07) is 7.25. The zero-order valence-corrected chi connectivity index (χ0v) is 18.9. The molecule has 2 aliphatic rings. The number of aromatic amines is 1. The molecular weight excluding hydrogens is 392 g/mol. The van der Waals surface area contributed by atoms with E-state index < -0.39 is 0 Å². The number of carbonyl (C=O) groups excluding carboxylic acids is 2. The molecule has 2 amide bonds. The second-order valence-electron chi connectivity index (χ2n) is 9.62. The fourth-order valence-electron chi connectivity index (χ4n) is 4.67. The Morgan fingerprint density at radius 3 is 2.35 bits per heavy atom. The minimum Gasteiger partial charge on any atom is -0.496 e. The Kier molecular flexibility index (Phi) is 5.77. The molecule has 2 aromatic rings. The predicted octanol–water partition coefficient (Wildman–Crippen LogP) is 3.17. The summed E-state index contributed by atoms with van der Waals surface area (Å²) in [5, 5.41) is 7.50. The zero-order valence-electron chi connectivity index (χ0n) is 18.9. The smallest absolute Gasteiger partial charge is 0.274 e. The van der Waals surface area contributed by atoms with Gasteiger partial charge in [0, 0.05) is 37.4 Å². The molecular formula is C24H32N4O3. The van der Waals surface area contributed by atoms with Gasteiger partial charge < -0.3 is 14.5 Å². The largest absolute Gasteiger partial charge is 0.496 e. The maximum atomic E-state index is 13.3. The van der Waals surface area contributed by atoms with Gasteiger partial charge in [-0.25, -0.2) is 0 Å². The van der Waals surface area contributed by atoms with Crippen LogP contribution in [0.4, 0.5) is 0 Å². The molecule has 0 unspecified atom stereocenters. The van der Waals surface area contributed by atoms with Gasteiger partial charge in [0.2, 0.25) is 0 Å². The van der Waals surface area contributed by atoms with E-state index in [1.807, 2.05) is 17.0 Å². The maximum absolute atomic E-state index is 13.3. The molecule has 0 spiro atoms. The number of nitrogens with one attached hydrogen (secondary N) is 1. The molecule has 1 fully saturated rings. The van der Waals surface area contributed by atoms with Crippen molar-refractivity contribution in [3.8, 4) is 5.75 Å². The van der Waals surface area contributed by atoms with E-state index in [1.54, 1.807) is 24.1 Å². The SMILES string of the molecule is COc1ccccc1C(=O)N1CCN(C(=O)c2n[nH]c3c2C[C@@H](C(C)(C)C)CC3)CC1. The van der Waals surface area contributed by atoms with Crippen molar-refractivity contribution in [1.82, 2.24) is 20.0 Å². The topological polar surface area (TPSA) is 78.5 Å². The van der Waals surface area contributed by atoms with Gasteiger partial charge in [-0.05, 0) is 42.7 Å². The molecule has 0 bridgehead atoms. The van der Waals surface area contributed by atoms with Crippen molar-refractivity contribution in [2.75, 3.05) is 33.3 Å². The molecule has 7 nitrogen and oxygen atoms in total. The Morgan fingerprint density at radius 1 is 1.06 bits per heavy atom. The van der Waals surface area contributed by atoms with Crippen LogP contribution in [0.1, 0.15) is 59.3 Å². The Hall–Kier alpha value is -2.83. The van der Waals surface area contributed by atoms with E-state index in [0.29, 0.717) is 49.1 Å². The van der Waals surface area contributed by atoms with Gasteiger partial charge >= 0.3 is 0 Å². The third-order valence-corrected chi connectivity index (χ3v) is 6.76. The molecule has 0 saturated carbocycles. The number of amides is 2. The quantitative estimate of drug-likeness (QED) is 0.821. The third-order valence-electron chi connectivity index (χ3n) is 6.76. The third kappa shape index (κ3) is 4.18. The lowest BCUT2D eigenvalue weighted by Crippen LogP contribution is -2.50. The molecule has 31 heavy (non-hydrogen) atoms. The first-order valence-electron chi connectivity index (χ1n) is 11.1. The number of hydrogen-bond donors (Lipinski definition) is 1. The van der Waals surface area contributed by atoms with Crippen molar-refractivity contribution < 1.29 is 14.3 Å². The molecule has 1 aliphatic heterocycles. The number of fused-ring (bicyclic) bond motifs is 1. The molecule has 4 rings (SSSR count). The van der Waals surface area contributed by atoms with E-state index >= 15 is 0 Å². The van der Waals surface area contributed by atoms with E-state index in [4.69, 9.17) is 4.74 Å². The van der Waals surface area contributed by atoms with E-state index in [2.05, 4.69) is 31.0 Å². The Labute approximate surface area is 183 Å². The highest BCUT2D eigenvalue weighted by Crippen LogP contribution is 2.37. The number of nitrogens with zero attached hydrogens (tertiary/aromatic N) is 3. The van der Waals surface area contributed by atoms with Crippen molar-refractivity contribution >= 4 is 11.8 Å². The van der Waals surface area contributed by atoms with Gasteiger partial charge in [0.15, 0.2) is 5.69 Å². The lowest BCUT2D eigenvalue weighted by Gasteiger charge is -2.36. The average Bonchev–Trinajstić information content (AvgIpc) is 3.21. The lowest BCUT2D eigenvalue weighted by atomic mass is 9.71. The number of rotatable bonds is 3. The molecule has 7 heteroatoms. The summed E-state index contributed by atoms with van der Waals surface area (Å²) in [4.78, 5) is 29.8. The number of para-hydroxylation sites is 1. The van der Waals surface area contributed by atoms with Crippen LogP contribution in [0.2, 0.25) is 0 Å². The van der Waals surface area contributed by atoms with Gasteiger partial charge in [0.05, 0.1) is 12.7 Å². The molecule has 1 N–H and O–H groups in total. The Balaban J connectivity index is 1.43. The van der Waals surface area contributed by atoms with Gasteiger partial charge in [0.1, 0.15) is 5.75 Å². The molecule has 166 valence electrons. The minimum absolute atomic E-state index is 0.0311. The summed E-state index contributed by atoms with van der Waals surface area (Å²) in [6.45, 7) is 8.81. The maximum Gasteiger partial charge on any atom is 0.274 e. The van der Waals surface area contributed by atoms with Crippen LogP contribution in [0, 0.1) is 11.3 Å². The first-order chi connectivity index (χ1) is 14.8. The van der Waals surface area contributed by atoms with Gasteiger partial charge in [0.25, 0.3) is 11.8 Å². The van der Waals surface area contributed by atoms with Crippen LogP contribution in [0.3, 0.4) is 0 Å². The number of methoxy groups -OCH3 is 1. The Bertz CT molecular complexity index is 967. The van der Waals surface area contributed by atoms with Crippen LogP contribution in [-0.4, -0.2) is 65.1 Å². The number of hydrogen-bond acceptors (Lipinski definition) is 4. The van der Waals surface area contributed by atoms with Crippen LogP contribution in [-0.2, 0) is 12.8 Å². The predicted molar refractivity (Wildman–Crippen MR) is 118 cm³/mol. The number of piperazine rings is 1. The van der Waals surface area contributed by atoms with Crippen LogP contribution >= 0.6 is 0 Å². The van der Waals surface area contributed by atoms with Crippen LogP contribution in [0.25, 0.3) is 0 Å². The minimum atomic E-state index is -0.0604. The Morgan fingerprint density at radius 2 is 1.71 bits per heavy atom. The highest BCUT2D eigenvalue weighted by atomic mass is 16.5. The van der Waals surface area contributed by atoms with Crippen molar-refractivity contribution in [2.24, 2.45) is 11.3 Å². The van der Waals surface area contributed by atoms with E-state index in [9.17, 15) is 9.59 Å². The molecule has 1 atom stereocenters. The number of aryl methyl sites for hydroxylation is 1. The second kappa shape index (κ2) is 8.36. The lowest BCUT2D eigenvalue weighted by molar-refractivity contribution is 0.0529. The number of H-pyrrole nitrogens is 1. The number of carbonyl (C=O) groups is 2. The van der Waals surface area contributed by atoms with Crippen LogP contribution in [0.5, 0.6) is 5.75 Å². The molecule has 1 aromatic heterocycles. The fourth-order valence-corrected chi connectivity index (χ4v) is 4.67. The fraction of sp³-hybridized carbons (Fsp3) is 0.542. The summed E-state index contributed by atoms with van der Waals surface area (Å²) in [5.74, 6) is 1.02. The molecule has 0 radical (unpaired) electrons. The average molecular weight is 425 g/mol. The van der Waals surface area contributed by atoms with Crippen LogP contribution in [0.15, 0.2) is 24.3 Å². The summed E-state index contributed by atoms with van der Waals surface area (Å²) in [6.07, 6.45) is 2.96. The van der Waals surface area contributed by atoms with Crippen molar-refractivity contribution in [2.45, 2.75) is 40.0 Å². The van der Waals surface area contributed by atoms with Gasteiger partial charge in [-0.15, -0.1) is 0 Å². The summed E-state index contributed by atoms with van der Waals surface area (Å²) in [7, 11) is 1.57. The normalized spacial score (nSPS) is 19.2. The highest BCUT2D eigenvalue weighted by molar-refractivity contribution is 5.97. The number of benzene rings is 1. The van der Waals surface area contributed by atoms with E-state index in [1.165, 1.54) is 0 Å². The monoisotopic (exact) mass is 424 g/mol. The van der Waals surface area contributed by atoms with Gasteiger partial charge in [-0.3, -0.25) is 14.7 Å². The standard InChI is InChI=1S/C24H32N4O3/c1-24(2,3)16-9-10-19-18(15-16)21(26-25-19)23(30)28-13-11-27(12-14-28)22(29)17-7-5-6-8-20(17)31-4/h5-8,16H,9-15H2,1-4H3,(H,25,26)/t16-/m0/s1. The zero-order chi connectivity index (χ0) is 22.2. The van der Waals surface area contributed by atoms with Crippen molar-refractivity contribution in [3.63, 3.8) is 0 Å². The summed E-state index contributed by atoms with van der Waals surface area (Å²) >= 11 is 0. The van der Waals surface area contributed by atoms with Crippen molar-refractivity contribution in [3.05, 3.63) is 46.8 Å². The van der Waals surface area contributed by atoms with E-state index in [-0.39, 0.29) is 17.2 Å². The summed E-state index contributed by atoms with van der Waals surface area (Å²) in [5.41, 5.74) is 3.52. The van der Waals surface area contributed by atoms with Gasteiger partial charge in [-0.2, -0.15) is 5.10 Å². The molecule has 1 saturated heterocycles. The van der Waals surface area contributed by atoms with Crippen LogP contribution < -0.4 is 4.74 Å². The number of aromatic nitrogens is 2. The number of ether oxygens (including phenoxy) is 1. The van der Waals surface area contributed by atoms with Gasteiger partial charge in [-0.1, -0.05) is 32.9 Å². The summed E-state index contributed by atoms with van der Waals surface area (Å²) < 4.78 is 5.33. The molecule has 1 aliphatic carbocycles. The first-order valence-corrected chi connectivity index (χ1v) is 11.1. The highest BCUT2D eigenvalue weighted by Gasteiger charge is 2.35. The van der Waals surface area contributed by atoms with Crippen molar-refractivity contribution in [1.29, 1.82) is 0 Å². The second-order valence-corrected chi connectivity index (χ2v) is 9.62. The first kappa shape index (κ1) is 21.4. The molecule has 1 aromatic carbocycles. The molecule has 2 heterocycles. The van der Waals surface area contributed by atoms with E-state index in [0.717, 1.165) is 30.5 Å².